The molecule has 1 heterocycles. The molecule has 0 atom stereocenters. The molecule has 0 fully saturated rings. The second kappa shape index (κ2) is 10.4. The van der Waals surface area contributed by atoms with Gasteiger partial charge in [-0.2, -0.15) is 4.98 Å². The minimum atomic E-state index is -3.69. The fourth-order valence-corrected chi connectivity index (χ4v) is 4.44. The van der Waals surface area contributed by atoms with E-state index in [0.717, 1.165) is 11.3 Å². The van der Waals surface area contributed by atoms with E-state index < -0.39 is 16.0 Å². The summed E-state index contributed by atoms with van der Waals surface area (Å²) in [6.45, 7) is 0. The molecule has 35 heavy (non-hydrogen) atoms. The smallest absolute Gasteiger partial charge is 0.311 e. The second-order valence-electron chi connectivity index (χ2n) is 7.49. The molecule has 0 aliphatic heterocycles. The van der Waals surface area contributed by atoms with E-state index in [2.05, 4.69) is 10.1 Å². The van der Waals surface area contributed by atoms with Crippen LogP contribution < -0.4 is 13.8 Å². The van der Waals surface area contributed by atoms with E-state index >= 15 is 0 Å². The number of sulfonamides is 1. The third kappa shape index (κ3) is 5.67. The van der Waals surface area contributed by atoms with Crippen LogP contribution >= 0.6 is 0 Å². The molecule has 4 aromatic rings. The first-order valence-corrected chi connectivity index (χ1v) is 12.1. The van der Waals surface area contributed by atoms with Crippen molar-refractivity contribution in [2.24, 2.45) is 0 Å². The predicted molar refractivity (Wildman–Crippen MR) is 129 cm³/mol. The summed E-state index contributed by atoms with van der Waals surface area (Å²) in [5, 5.41) is 3.94. The monoisotopic (exact) mass is 493 g/mol. The Morgan fingerprint density at radius 1 is 0.943 bits per heavy atom. The summed E-state index contributed by atoms with van der Waals surface area (Å²) in [6, 6.07) is 21.6. The highest BCUT2D eigenvalue weighted by molar-refractivity contribution is 7.92. The Bertz CT molecular complexity index is 1390. The highest BCUT2D eigenvalue weighted by Gasteiger charge is 2.21. The number of nitrogens with zero attached hydrogens (tertiary/aromatic N) is 3. The summed E-state index contributed by atoms with van der Waals surface area (Å²) in [6.07, 6.45) is 0.256. The van der Waals surface area contributed by atoms with Crippen molar-refractivity contribution < 1.29 is 27.2 Å². The van der Waals surface area contributed by atoms with Crippen molar-refractivity contribution in [2.45, 2.75) is 17.7 Å². The maximum Gasteiger partial charge on any atom is 0.311 e. The van der Waals surface area contributed by atoms with Gasteiger partial charge in [0.05, 0.1) is 24.1 Å². The Labute approximate surface area is 203 Å². The van der Waals surface area contributed by atoms with Crippen molar-refractivity contribution in [3.05, 3.63) is 84.8 Å². The van der Waals surface area contributed by atoms with Crippen molar-refractivity contribution in [2.75, 3.05) is 18.5 Å². The molecular formula is C25H23N3O6S. The van der Waals surface area contributed by atoms with E-state index in [1.54, 1.807) is 61.7 Å². The lowest BCUT2D eigenvalue weighted by atomic mass is 10.2. The zero-order valence-corrected chi connectivity index (χ0v) is 19.9. The van der Waals surface area contributed by atoms with Crippen LogP contribution in [0.1, 0.15) is 12.3 Å². The number of carbonyl (C=O) groups is 1. The van der Waals surface area contributed by atoms with Gasteiger partial charge in [0.1, 0.15) is 11.5 Å². The van der Waals surface area contributed by atoms with E-state index in [-0.39, 0.29) is 17.7 Å². The number of aryl methyl sites for hydroxylation is 1. The fraction of sp³-hybridized carbons (Fsp3) is 0.160. The Kier molecular flexibility index (Phi) is 7.11. The van der Waals surface area contributed by atoms with Gasteiger partial charge in [-0.05, 0) is 60.7 Å². The lowest BCUT2D eigenvalue weighted by molar-refractivity contribution is -0.134. The normalized spacial score (nSPS) is 11.1. The first-order valence-electron chi connectivity index (χ1n) is 10.7. The third-order valence-corrected chi connectivity index (χ3v) is 6.99. The fourth-order valence-electron chi connectivity index (χ4n) is 3.22. The lowest BCUT2D eigenvalue weighted by Gasteiger charge is -2.19. The molecule has 0 saturated heterocycles. The standard InChI is InChI=1S/C25H23N3O6S/c1-28(35(30,31)22-6-4-3-5-7-22)19-10-14-21(15-11-19)33-24(29)17-16-23-26-25(27-34-23)18-8-12-20(32-2)13-9-18/h3-15H,16-17H2,1-2H3. The number of anilines is 1. The molecule has 0 radical (unpaired) electrons. The molecule has 0 saturated carbocycles. The van der Waals surface area contributed by atoms with Gasteiger partial charge in [-0.15, -0.1) is 0 Å². The number of hydrogen-bond donors (Lipinski definition) is 0. The average molecular weight is 494 g/mol. The van der Waals surface area contributed by atoms with Gasteiger partial charge in [0, 0.05) is 19.0 Å². The predicted octanol–water partition coefficient (Wildman–Crippen LogP) is 4.11. The van der Waals surface area contributed by atoms with Crippen molar-refractivity contribution >= 4 is 21.7 Å². The Balaban J connectivity index is 1.32. The highest BCUT2D eigenvalue weighted by Crippen LogP contribution is 2.25. The number of benzene rings is 3. The van der Waals surface area contributed by atoms with Gasteiger partial charge in [0.25, 0.3) is 10.0 Å². The lowest BCUT2D eigenvalue weighted by Crippen LogP contribution is -2.26. The zero-order chi connectivity index (χ0) is 24.8. The van der Waals surface area contributed by atoms with Crippen LogP contribution in [-0.2, 0) is 21.2 Å². The van der Waals surface area contributed by atoms with Crippen LogP contribution in [0.15, 0.2) is 88.3 Å². The maximum absolute atomic E-state index is 12.8. The first kappa shape index (κ1) is 24.0. The molecule has 0 unspecified atom stereocenters. The van der Waals surface area contributed by atoms with Crippen molar-refractivity contribution in [3.63, 3.8) is 0 Å². The molecular weight excluding hydrogens is 470 g/mol. The van der Waals surface area contributed by atoms with E-state index in [0.29, 0.717) is 23.2 Å². The molecule has 1 aromatic heterocycles. The number of esters is 1. The van der Waals surface area contributed by atoms with E-state index in [1.807, 2.05) is 12.1 Å². The highest BCUT2D eigenvalue weighted by atomic mass is 32.2. The van der Waals surface area contributed by atoms with Gasteiger partial charge in [-0.3, -0.25) is 9.10 Å². The Morgan fingerprint density at radius 2 is 1.60 bits per heavy atom. The summed E-state index contributed by atoms with van der Waals surface area (Å²) in [5.74, 6) is 1.27. The van der Waals surface area contributed by atoms with E-state index in [9.17, 15) is 13.2 Å². The molecule has 0 N–H and O–H groups in total. The number of carbonyl (C=O) groups excluding carboxylic acids is 1. The second-order valence-corrected chi connectivity index (χ2v) is 9.46. The van der Waals surface area contributed by atoms with Crippen LogP contribution in [0.5, 0.6) is 11.5 Å². The van der Waals surface area contributed by atoms with Crippen molar-refractivity contribution in [1.82, 2.24) is 10.1 Å². The van der Waals surface area contributed by atoms with Gasteiger partial charge in [-0.25, -0.2) is 8.42 Å². The molecule has 0 aliphatic rings. The number of hydrogen-bond acceptors (Lipinski definition) is 8. The van der Waals surface area contributed by atoms with Gasteiger partial charge in [-0.1, -0.05) is 23.4 Å². The molecule has 3 aromatic carbocycles. The number of rotatable bonds is 9. The summed E-state index contributed by atoms with van der Waals surface area (Å²) in [5.41, 5.74) is 1.20. The van der Waals surface area contributed by atoms with E-state index in [4.69, 9.17) is 14.0 Å². The van der Waals surface area contributed by atoms with E-state index in [1.165, 1.54) is 23.5 Å². The van der Waals surface area contributed by atoms with Gasteiger partial charge in [0.2, 0.25) is 11.7 Å². The van der Waals surface area contributed by atoms with Crippen molar-refractivity contribution in [3.8, 4) is 22.9 Å². The number of ether oxygens (including phenoxy) is 2. The van der Waals surface area contributed by atoms with Crippen LogP contribution in [-0.4, -0.2) is 38.7 Å². The first-order chi connectivity index (χ1) is 16.9. The summed E-state index contributed by atoms with van der Waals surface area (Å²) in [4.78, 5) is 16.8. The van der Waals surface area contributed by atoms with Crippen LogP contribution in [0.25, 0.3) is 11.4 Å². The molecule has 4 rings (SSSR count). The average Bonchev–Trinajstić information content (AvgIpc) is 3.37. The Hall–Kier alpha value is -4.18. The molecule has 0 bridgehead atoms. The largest absolute Gasteiger partial charge is 0.497 e. The zero-order valence-electron chi connectivity index (χ0n) is 19.1. The van der Waals surface area contributed by atoms with Crippen LogP contribution in [0.3, 0.4) is 0 Å². The quantitative estimate of drug-likeness (QED) is 0.253. The summed E-state index contributed by atoms with van der Waals surface area (Å²) in [7, 11) is -0.640. The number of methoxy groups -OCH3 is 1. The van der Waals surface area contributed by atoms with Crippen molar-refractivity contribution in [1.29, 1.82) is 0 Å². The number of aromatic nitrogens is 2. The SMILES string of the molecule is COc1ccc(-c2noc(CCC(=O)Oc3ccc(N(C)S(=O)(=O)c4ccccc4)cc3)n2)cc1. The third-order valence-electron chi connectivity index (χ3n) is 5.19. The minimum absolute atomic E-state index is 0.0360. The summed E-state index contributed by atoms with van der Waals surface area (Å²) < 4.78 is 42.4. The van der Waals surface area contributed by atoms with Gasteiger partial charge >= 0.3 is 5.97 Å². The molecule has 180 valence electrons. The maximum atomic E-state index is 12.8. The van der Waals surface area contributed by atoms with Gasteiger partial charge < -0.3 is 14.0 Å². The summed E-state index contributed by atoms with van der Waals surface area (Å²) >= 11 is 0. The van der Waals surface area contributed by atoms with Gasteiger partial charge in [0.15, 0.2) is 0 Å². The molecule has 0 aliphatic carbocycles. The van der Waals surface area contributed by atoms with Crippen LogP contribution in [0.4, 0.5) is 5.69 Å². The minimum Gasteiger partial charge on any atom is -0.497 e. The molecule has 0 spiro atoms. The van der Waals surface area contributed by atoms with Crippen LogP contribution in [0.2, 0.25) is 0 Å². The molecule has 9 nitrogen and oxygen atoms in total. The topological polar surface area (TPSA) is 112 Å². The molecule has 0 amide bonds. The van der Waals surface area contributed by atoms with Crippen LogP contribution in [0, 0.1) is 0 Å². The molecule has 10 heteroatoms. The Morgan fingerprint density at radius 3 is 2.26 bits per heavy atom.